The van der Waals surface area contributed by atoms with Crippen molar-refractivity contribution in [3.05, 3.63) is 36.5 Å². The highest BCUT2D eigenvalue weighted by molar-refractivity contribution is 6.00. The Hall–Kier alpha value is -1.94. The van der Waals surface area contributed by atoms with E-state index < -0.39 is 0 Å². The molecule has 4 nitrogen and oxygen atoms in total. The number of hydrogen-bond donors (Lipinski definition) is 2. The van der Waals surface area contributed by atoms with Gasteiger partial charge in [-0.25, -0.2) is 0 Å². The zero-order chi connectivity index (χ0) is 14.8. The van der Waals surface area contributed by atoms with Gasteiger partial charge in [-0.3, -0.25) is 9.78 Å². The molecule has 1 amide bonds. The Balaban J connectivity index is 2.15. The van der Waals surface area contributed by atoms with Crippen molar-refractivity contribution >= 4 is 22.5 Å². The normalized spacial score (nSPS) is 13.2. The largest absolute Gasteiger partial charge is 0.327 e. The number of benzene rings is 1. The van der Waals surface area contributed by atoms with Crippen molar-refractivity contribution in [2.75, 3.05) is 5.32 Å². The minimum Gasteiger partial charge on any atom is -0.327 e. The molecule has 1 heterocycles. The number of fused-ring (bicyclic) bond motifs is 1. The predicted octanol–water partition coefficient (Wildman–Crippen LogP) is 2.94. The van der Waals surface area contributed by atoms with Gasteiger partial charge in [0, 0.05) is 24.0 Å². The molecule has 0 saturated heterocycles. The summed E-state index contributed by atoms with van der Waals surface area (Å²) in [5.41, 5.74) is 7.48. The van der Waals surface area contributed by atoms with Crippen LogP contribution >= 0.6 is 0 Å². The summed E-state index contributed by atoms with van der Waals surface area (Å²) in [5, 5.41) is 3.91. The molecule has 0 bridgehead atoms. The molecule has 3 N–H and O–H groups in total. The number of nitrogens with zero attached hydrogens (tertiary/aromatic N) is 1. The van der Waals surface area contributed by atoms with E-state index in [1.165, 1.54) is 0 Å². The number of amides is 1. The SMILES string of the molecule is CC(C)(C)C(N)CC(=O)Nc1cccc2cccnc12. The van der Waals surface area contributed by atoms with Gasteiger partial charge < -0.3 is 11.1 Å². The molecule has 0 aliphatic heterocycles. The standard InChI is InChI=1S/C16H21N3O/c1-16(2,3)13(17)10-14(20)19-12-8-4-6-11-7-5-9-18-15(11)12/h4-9,13H,10,17H2,1-3H3,(H,19,20). The summed E-state index contributed by atoms with van der Waals surface area (Å²) >= 11 is 0. The molecule has 0 saturated carbocycles. The van der Waals surface area contributed by atoms with Crippen LogP contribution in [0.4, 0.5) is 5.69 Å². The maximum Gasteiger partial charge on any atom is 0.226 e. The predicted molar refractivity (Wildman–Crippen MR) is 82.4 cm³/mol. The van der Waals surface area contributed by atoms with Crippen molar-refractivity contribution < 1.29 is 4.79 Å². The van der Waals surface area contributed by atoms with Gasteiger partial charge in [0.05, 0.1) is 11.2 Å². The molecular formula is C16H21N3O. The Morgan fingerprint density at radius 2 is 2.00 bits per heavy atom. The minimum absolute atomic E-state index is 0.0782. The van der Waals surface area contributed by atoms with Crippen molar-refractivity contribution in [2.45, 2.75) is 33.2 Å². The van der Waals surface area contributed by atoms with Crippen LogP contribution in [0.25, 0.3) is 10.9 Å². The summed E-state index contributed by atoms with van der Waals surface area (Å²) in [4.78, 5) is 16.4. The molecule has 1 atom stereocenters. The molecule has 1 unspecified atom stereocenters. The lowest BCUT2D eigenvalue weighted by molar-refractivity contribution is -0.117. The van der Waals surface area contributed by atoms with Gasteiger partial charge in [-0.15, -0.1) is 0 Å². The molecule has 20 heavy (non-hydrogen) atoms. The quantitative estimate of drug-likeness (QED) is 0.901. The van der Waals surface area contributed by atoms with Crippen LogP contribution in [-0.2, 0) is 4.79 Å². The summed E-state index contributed by atoms with van der Waals surface area (Å²) < 4.78 is 0. The van der Waals surface area contributed by atoms with Gasteiger partial charge in [-0.1, -0.05) is 39.0 Å². The van der Waals surface area contributed by atoms with E-state index in [0.29, 0.717) is 6.42 Å². The summed E-state index contributed by atoms with van der Waals surface area (Å²) in [6.07, 6.45) is 2.02. The molecule has 0 spiro atoms. The maximum absolute atomic E-state index is 12.1. The Morgan fingerprint density at radius 1 is 1.30 bits per heavy atom. The monoisotopic (exact) mass is 271 g/mol. The van der Waals surface area contributed by atoms with Crippen LogP contribution < -0.4 is 11.1 Å². The lowest BCUT2D eigenvalue weighted by Gasteiger charge is -2.26. The van der Waals surface area contributed by atoms with Crippen LogP contribution in [0.2, 0.25) is 0 Å². The second-order valence-electron chi connectivity index (χ2n) is 6.11. The third-order valence-corrected chi connectivity index (χ3v) is 3.42. The average Bonchev–Trinajstić information content (AvgIpc) is 2.38. The van der Waals surface area contributed by atoms with Crippen molar-refractivity contribution in [3.8, 4) is 0 Å². The second kappa shape index (κ2) is 5.59. The van der Waals surface area contributed by atoms with E-state index in [4.69, 9.17) is 5.73 Å². The molecule has 0 radical (unpaired) electrons. The van der Waals surface area contributed by atoms with Gasteiger partial charge in [0.25, 0.3) is 0 Å². The van der Waals surface area contributed by atoms with Gasteiger partial charge in [0.15, 0.2) is 0 Å². The maximum atomic E-state index is 12.1. The number of carbonyl (C=O) groups is 1. The van der Waals surface area contributed by atoms with Gasteiger partial charge in [0.2, 0.25) is 5.91 Å². The Morgan fingerprint density at radius 3 is 2.70 bits per heavy atom. The molecular weight excluding hydrogens is 250 g/mol. The fraction of sp³-hybridized carbons (Fsp3) is 0.375. The van der Waals surface area contributed by atoms with Crippen LogP contribution in [0.5, 0.6) is 0 Å². The first-order valence-corrected chi connectivity index (χ1v) is 6.77. The van der Waals surface area contributed by atoms with Gasteiger partial charge >= 0.3 is 0 Å². The van der Waals surface area contributed by atoms with E-state index in [-0.39, 0.29) is 17.4 Å². The summed E-state index contributed by atoms with van der Waals surface area (Å²) in [5.74, 6) is -0.0782. The Kier molecular flexibility index (Phi) is 4.04. The minimum atomic E-state index is -0.176. The second-order valence-corrected chi connectivity index (χ2v) is 6.11. The molecule has 106 valence electrons. The van der Waals surface area contributed by atoms with Crippen LogP contribution in [-0.4, -0.2) is 16.9 Å². The Bertz CT molecular complexity index is 611. The van der Waals surface area contributed by atoms with E-state index in [0.717, 1.165) is 16.6 Å². The van der Waals surface area contributed by atoms with Crippen molar-refractivity contribution in [1.29, 1.82) is 0 Å². The van der Waals surface area contributed by atoms with E-state index in [2.05, 4.69) is 10.3 Å². The first kappa shape index (κ1) is 14.5. The molecule has 2 aromatic rings. The van der Waals surface area contributed by atoms with Crippen LogP contribution in [0.15, 0.2) is 36.5 Å². The number of hydrogen-bond acceptors (Lipinski definition) is 3. The molecule has 0 aliphatic rings. The van der Waals surface area contributed by atoms with Gasteiger partial charge in [0.1, 0.15) is 0 Å². The van der Waals surface area contributed by atoms with E-state index in [9.17, 15) is 4.79 Å². The summed E-state index contributed by atoms with van der Waals surface area (Å²) in [6, 6.07) is 9.41. The highest BCUT2D eigenvalue weighted by Crippen LogP contribution is 2.23. The van der Waals surface area contributed by atoms with Crippen LogP contribution in [0.1, 0.15) is 27.2 Å². The van der Waals surface area contributed by atoms with E-state index in [1.807, 2.05) is 51.1 Å². The van der Waals surface area contributed by atoms with Crippen molar-refractivity contribution in [2.24, 2.45) is 11.1 Å². The number of carbonyl (C=O) groups excluding carboxylic acids is 1. The number of para-hydroxylation sites is 1. The van der Waals surface area contributed by atoms with Crippen molar-refractivity contribution in [3.63, 3.8) is 0 Å². The number of anilines is 1. The molecule has 1 aromatic heterocycles. The van der Waals surface area contributed by atoms with E-state index in [1.54, 1.807) is 6.20 Å². The smallest absolute Gasteiger partial charge is 0.226 e. The number of rotatable bonds is 3. The van der Waals surface area contributed by atoms with E-state index >= 15 is 0 Å². The number of nitrogens with two attached hydrogens (primary N) is 1. The Labute approximate surface area is 119 Å². The van der Waals surface area contributed by atoms with Crippen LogP contribution in [0.3, 0.4) is 0 Å². The zero-order valence-electron chi connectivity index (χ0n) is 12.2. The van der Waals surface area contributed by atoms with Gasteiger partial charge in [-0.2, -0.15) is 0 Å². The van der Waals surface area contributed by atoms with Crippen LogP contribution in [0, 0.1) is 5.41 Å². The lowest BCUT2D eigenvalue weighted by Crippen LogP contribution is -2.38. The molecule has 1 aromatic carbocycles. The highest BCUT2D eigenvalue weighted by atomic mass is 16.1. The fourth-order valence-corrected chi connectivity index (χ4v) is 1.91. The average molecular weight is 271 g/mol. The molecule has 2 rings (SSSR count). The van der Waals surface area contributed by atoms with Gasteiger partial charge in [-0.05, 0) is 17.5 Å². The summed E-state index contributed by atoms with van der Waals surface area (Å²) in [7, 11) is 0. The molecule has 0 fully saturated rings. The molecule has 0 aliphatic carbocycles. The number of aromatic nitrogens is 1. The summed E-state index contributed by atoms with van der Waals surface area (Å²) in [6.45, 7) is 6.10. The zero-order valence-corrected chi connectivity index (χ0v) is 12.2. The third kappa shape index (κ3) is 3.33. The lowest BCUT2D eigenvalue weighted by atomic mass is 9.85. The topological polar surface area (TPSA) is 68.0 Å². The number of pyridine rings is 1. The first-order valence-electron chi connectivity index (χ1n) is 6.77. The number of nitrogens with one attached hydrogen (secondary N) is 1. The van der Waals surface area contributed by atoms with Crippen molar-refractivity contribution in [1.82, 2.24) is 4.98 Å². The molecule has 4 heteroatoms. The highest BCUT2D eigenvalue weighted by Gasteiger charge is 2.23. The fourth-order valence-electron chi connectivity index (χ4n) is 1.91. The first-order chi connectivity index (χ1) is 9.38. The third-order valence-electron chi connectivity index (χ3n) is 3.42.